The van der Waals surface area contributed by atoms with Gasteiger partial charge in [0.25, 0.3) is 5.69 Å². The van der Waals surface area contributed by atoms with Crippen molar-refractivity contribution in [3.8, 4) is 0 Å². The number of thioether (sulfide) groups is 1. The van der Waals surface area contributed by atoms with Crippen LogP contribution in [0.1, 0.15) is 10.4 Å². The number of rotatable bonds is 6. The Balaban J connectivity index is 2.01. The summed E-state index contributed by atoms with van der Waals surface area (Å²) in [5.41, 5.74) is 0.956. The van der Waals surface area contributed by atoms with Gasteiger partial charge in [0.2, 0.25) is 0 Å². The molecule has 1 aromatic carbocycles. The van der Waals surface area contributed by atoms with Crippen LogP contribution in [0.15, 0.2) is 46.7 Å². The molecule has 1 N–H and O–H groups in total. The summed E-state index contributed by atoms with van der Waals surface area (Å²) in [6, 6.07) is 8.24. The van der Waals surface area contributed by atoms with Crippen LogP contribution in [-0.2, 0) is 10.5 Å². The quantitative estimate of drug-likeness (QED) is 0.376. The van der Waals surface area contributed by atoms with Crippen molar-refractivity contribution in [3.63, 3.8) is 0 Å². The van der Waals surface area contributed by atoms with Crippen LogP contribution in [0, 0.1) is 10.1 Å². The zero-order valence-corrected chi connectivity index (χ0v) is 12.4. The fraction of sp³-hybridized carbons (Fsp3) is 0.0714. The van der Waals surface area contributed by atoms with E-state index in [2.05, 4.69) is 0 Å². The van der Waals surface area contributed by atoms with Crippen molar-refractivity contribution in [3.05, 3.63) is 62.3 Å². The van der Waals surface area contributed by atoms with Crippen molar-refractivity contribution < 1.29 is 14.8 Å². The molecule has 1 heterocycles. The lowest BCUT2D eigenvalue weighted by Gasteiger charge is -2.01. The number of non-ortho nitro benzene ring substituents is 1. The predicted octanol–water partition coefficient (Wildman–Crippen LogP) is 4.05. The first-order valence-electron chi connectivity index (χ1n) is 5.91. The molecule has 0 radical (unpaired) electrons. The van der Waals surface area contributed by atoms with Crippen LogP contribution in [0.25, 0.3) is 6.08 Å². The molecule has 1 aromatic heterocycles. The highest BCUT2D eigenvalue weighted by atomic mass is 32.2. The predicted molar refractivity (Wildman–Crippen MR) is 83.6 cm³/mol. The van der Waals surface area contributed by atoms with Gasteiger partial charge in [0, 0.05) is 33.7 Å². The van der Waals surface area contributed by atoms with Gasteiger partial charge in [-0.2, -0.15) is 0 Å². The highest BCUT2D eigenvalue weighted by molar-refractivity contribution is 7.98. The fourth-order valence-electron chi connectivity index (χ4n) is 1.59. The lowest BCUT2D eigenvalue weighted by atomic mass is 10.2. The molecule has 0 atom stereocenters. The van der Waals surface area contributed by atoms with E-state index in [0.717, 1.165) is 21.4 Å². The van der Waals surface area contributed by atoms with Crippen LogP contribution in [0.3, 0.4) is 0 Å². The average Bonchev–Trinajstić information content (AvgIpc) is 2.90. The number of nitro groups is 1. The molecule has 0 aliphatic rings. The van der Waals surface area contributed by atoms with Crippen molar-refractivity contribution in [1.29, 1.82) is 0 Å². The van der Waals surface area contributed by atoms with Gasteiger partial charge >= 0.3 is 5.97 Å². The maximum Gasteiger partial charge on any atom is 0.328 e. The zero-order valence-electron chi connectivity index (χ0n) is 10.8. The summed E-state index contributed by atoms with van der Waals surface area (Å²) >= 11 is 3.11. The maximum atomic E-state index is 10.6. The van der Waals surface area contributed by atoms with Gasteiger partial charge in [-0.3, -0.25) is 10.1 Å². The number of nitro benzene ring substituents is 1. The summed E-state index contributed by atoms with van der Waals surface area (Å²) < 4.78 is 0. The molecule has 0 unspecified atom stereocenters. The van der Waals surface area contributed by atoms with Gasteiger partial charge < -0.3 is 5.11 Å². The summed E-state index contributed by atoms with van der Waals surface area (Å²) in [7, 11) is 0. The lowest BCUT2D eigenvalue weighted by Crippen LogP contribution is -1.87. The lowest BCUT2D eigenvalue weighted by molar-refractivity contribution is -0.384. The number of hydrogen-bond acceptors (Lipinski definition) is 5. The smallest absolute Gasteiger partial charge is 0.328 e. The second kappa shape index (κ2) is 7.05. The van der Waals surface area contributed by atoms with Gasteiger partial charge in [-0.1, -0.05) is 0 Å². The second-order valence-corrected chi connectivity index (χ2v) is 6.06. The van der Waals surface area contributed by atoms with E-state index in [1.165, 1.54) is 12.1 Å². The van der Waals surface area contributed by atoms with Crippen molar-refractivity contribution in [2.75, 3.05) is 0 Å². The van der Waals surface area contributed by atoms with Crippen molar-refractivity contribution in [2.45, 2.75) is 10.6 Å². The Hall–Kier alpha value is -2.12. The van der Waals surface area contributed by atoms with E-state index < -0.39 is 10.9 Å². The third kappa shape index (κ3) is 4.44. The molecule has 0 spiro atoms. The van der Waals surface area contributed by atoms with E-state index in [9.17, 15) is 14.9 Å². The molecule has 0 saturated heterocycles. The van der Waals surface area contributed by atoms with Crippen LogP contribution in [0.5, 0.6) is 0 Å². The molecule has 0 bridgehead atoms. The van der Waals surface area contributed by atoms with E-state index in [4.69, 9.17) is 5.11 Å². The van der Waals surface area contributed by atoms with Crippen LogP contribution in [0.4, 0.5) is 5.69 Å². The van der Waals surface area contributed by atoms with Gasteiger partial charge in [-0.15, -0.1) is 23.1 Å². The van der Waals surface area contributed by atoms with E-state index in [0.29, 0.717) is 5.75 Å². The number of nitrogens with zero attached hydrogens (tertiary/aromatic N) is 1. The largest absolute Gasteiger partial charge is 0.478 e. The SMILES string of the molecule is O=C(O)C=Cc1ccsc1CSc1ccc([N+](=O)[O-])cc1. The molecule has 5 nitrogen and oxygen atoms in total. The van der Waals surface area contributed by atoms with Gasteiger partial charge in [-0.25, -0.2) is 4.79 Å². The summed E-state index contributed by atoms with van der Waals surface area (Å²) in [5.74, 6) is -0.287. The number of aliphatic carboxylic acids is 1. The summed E-state index contributed by atoms with van der Waals surface area (Å²) in [6.07, 6.45) is 2.69. The van der Waals surface area contributed by atoms with Gasteiger partial charge in [-0.05, 0) is 35.2 Å². The molecule has 0 aliphatic heterocycles. The number of hydrogen-bond donors (Lipinski definition) is 1. The molecule has 21 heavy (non-hydrogen) atoms. The number of carboxylic acid groups (broad SMARTS) is 1. The molecule has 2 aromatic rings. The molecule has 7 heteroatoms. The van der Waals surface area contributed by atoms with Crippen LogP contribution in [-0.4, -0.2) is 16.0 Å². The third-order valence-electron chi connectivity index (χ3n) is 2.60. The van der Waals surface area contributed by atoms with Crippen molar-refractivity contribution >= 4 is 40.8 Å². The average molecular weight is 321 g/mol. The minimum atomic E-state index is -0.977. The normalized spacial score (nSPS) is 10.9. The second-order valence-electron chi connectivity index (χ2n) is 4.01. The Morgan fingerprint density at radius 2 is 2.05 bits per heavy atom. The highest BCUT2D eigenvalue weighted by Gasteiger charge is 2.06. The first-order chi connectivity index (χ1) is 10.1. The molecular formula is C14H11NO4S2. The van der Waals surface area contributed by atoms with E-state index >= 15 is 0 Å². The molecular weight excluding hydrogens is 310 g/mol. The van der Waals surface area contributed by atoms with Gasteiger partial charge in [0.15, 0.2) is 0 Å². The molecule has 2 rings (SSSR count). The summed E-state index contributed by atoms with van der Waals surface area (Å²) in [6.45, 7) is 0. The van der Waals surface area contributed by atoms with Crippen LogP contribution in [0.2, 0.25) is 0 Å². The van der Waals surface area contributed by atoms with Gasteiger partial charge in [0.05, 0.1) is 4.92 Å². The fourth-order valence-corrected chi connectivity index (χ4v) is 3.48. The molecule has 0 fully saturated rings. The molecule has 0 saturated carbocycles. The van der Waals surface area contributed by atoms with Crippen LogP contribution < -0.4 is 0 Å². The van der Waals surface area contributed by atoms with Crippen molar-refractivity contribution in [2.24, 2.45) is 0 Å². The standard InChI is InChI=1S/C14H11NO4S2/c16-14(17)6-1-10-7-8-20-13(10)9-21-12-4-2-11(3-5-12)15(18)19/h1-8H,9H2,(H,16,17). The van der Waals surface area contributed by atoms with Crippen molar-refractivity contribution in [1.82, 2.24) is 0 Å². The summed E-state index contributed by atoms with van der Waals surface area (Å²) in [4.78, 5) is 22.7. The Bertz CT molecular complexity index is 677. The Labute approximate surface area is 129 Å². The zero-order chi connectivity index (χ0) is 15.2. The molecule has 0 amide bonds. The first kappa shape index (κ1) is 15.3. The molecule has 0 aliphatic carbocycles. The minimum absolute atomic E-state index is 0.0700. The van der Waals surface area contributed by atoms with Gasteiger partial charge in [0.1, 0.15) is 0 Å². The van der Waals surface area contributed by atoms with E-state index in [-0.39, 0.29) is 5.69 Å². The Kier molecular flexibility index (Phi) is 5.13. The summed E-state index contributed by atoms with van der Waals surface area (Å²) in [5, 5.41) is 21.1. The van der Waals surface area contributed by atoms with E-state index in [1.807, 2.05) is 11.4 Å². The number of carbonyl (C=O) groups is 1. The monoisotopic (exact) mass is 321 g/mol. The first-order valence-corrected chi connectivity index (χ1v) is 7.77. The van der Waals surface area contributed by atoms with E-state index in [1.54, 1.807) is 41.3 Å². The van der Waals surface area contributed by atoms with Crippen LogP contribution >= 0.6 is 23.1 Å². The third-order valence-corrected chi connectivity index (χ3v) is 4.76. The number of benzene rings is 1. The Morgan fingerprint density at radius 3 is 2.67 bits per heavy atom. The number of thiophene rings is 1. The maximum absolute atomic E-state index is 10.6. The Morgan fingerprint density at radius 1 is 1.33 bits per heavy atom. The number of carboxylic acids is 1. The topological polar surface area (TPSA) is 80.4 Å². The molecule has 108 valence electrons. The minimum Gasteiger partial charge on any atom is -0.478 e. The highest BCUT2D eigenvalue weighted by Crippen LogP contribution is 2.29.